The van der Waals surface area contributed by atoms with E-state index in [9.17, 15) is 28.8 Å². The zero-order valence-electron chi connectivity index (χ0n) is 29.4. The van der Waals surface area contributed by atoms with Crippen LogP contribution in [0.3, 0.4) is 0 Å². The number of urea groups is 1. The Labute approximate surface area is 279 Å². The molecule has 0 spiro atoms. The van der Waals surface area contributed by atoms with Gasteiger partial charge in [-0.05, 0) is 47.8 Å². The molecule has 47 heavy (non-hydrogen) atoms. The summed E-state index contributed by atoms with van der Waals surface area (Å²) in [5, 5.41) is 10.6. The Kier molecular flexibility index (Phi) is 12.6. The van der Waals surface area contributed by atoms with Crippen LogP contribution in [0.5, 0.6) is 0 Å². The van der Waals surface area contributed by atoms with E-state index in [-0.39, 0.29) is 42.5 Å². The van der Waals surface area contributed by atoms with E-state index in [0.717, 1.165) is 0 Å². The molecule has 260 valence electrons. The number of amides is 5. The van der Waals surface area contributed by atoms with Crippen molar-refractivity contribution in [3.05, 3.63) is 25.0 Å². The number of piperidine rings is 1. The number of carbonyl (C=O) groups is 6. The third-order valence-electron chi connectivity index (χ3n) is 8.88. The molecule has 0 bridgehead atoms. The second kappa shape index (κ2) is 15.2. The van der Waals surface area contributed by atoms with Crippen molar-refractivity contribution in [3.63, 3.8) is 0 Å². The molecule has 12 heteroatoms. The Balaban J connectivity index is 2.36. The molecule has 1 unspecified atom stereocenters. The number of carbonyl (C=O) groups excluding carboxylic acids is 6. The molecule has 2 rings (SSSR count). The second-order valence-corrected chi connectivity index (χ2v) is 15.2. The fraction of sp³-hybridized carbons (Fsp3) is 0.657. The molecule has 0 aromatic rings. The third kappa shape index (κ3) is 9.69. The lowest BCUT2D eigenvalue weighted by atomic mass is 9.85. The number of Topliss-reactive ketones (excluding diaryl/α,β-unsaturated/α-hetero) is 1. The average Bonchev–Trinajstić information content (AvgIpc) is 3.26. The van der Waals surface area contributed by atoms with Gasteiger partial charge in [0.2, 0.25) is 17.6 Å². The molecule has 0 aromatic carbocycles. The van der Waals surface area contributed by atoms with Crippen LogP contribution < -0.4 is 21.3 Å². The first-order valence-corrected chi connectivity index (χ1v) is 16.0. The molecule has 12 nitrogen and oxygen atoms in total. The Bertz CT molecular complexity index is 1320. The van der Waals surface area contributed by atoms with Crippen LogP contribution in [0.4, 0.5) is 4.79 Å². The van der Waals surface area contributed by atoms with Crippen LogP contribution in [0.15, 0.2) is 25.0 Å². The van der Waals surface area contributed by atoms with Crippen LogP contribution in [0.1, 0.15) is 81.6 Å². The summed E-state index contributed by atoms with van der Waals surface area (Å²) in [6.07, 6.45) is 7.71. The molecule has 6 atom stereocenters. The van der Waals surface area contributed by atoms with Crippen molar-refractivity contribution in [1.29, 1.82) is 0 Å². The summed E-state index contributed by atoms with van der Waals surface area (Å²) < 4.78 is 5.17. The molecule has 1 saturated heterocycles. The Morgan fingerprint density at radius 2 is 1.60 bits per heavy atom. The highest BCUT2D eigenvalue weighted by Crippen LogP contribution is 2.65. The normalized spacial score (nSPS) is 21.4. The number of ketones is 1. The van der Waals surface area contributed by atoms with Crippen LogP contribution in [-0.4, -0.2) is 77.7 Å². The fourth-order valence-corrected chi connectivity index (χ4v) is 6.14. The van der Waals surface area contributed by atoms with E-state index in [1.54, 1.807) is 41.5 Å². The molecule has 2 aliphatic rings. The maximum absolute atomic E-state index is 14.3. The van der Waals surface area contributed by atoms with E-state index in [0.29, 0.717) is 12.8 Å². The van der Waals surface area contributed by atoms with E-state index in [1.807, 2.05) is 13.8 Å². The average molecular weight is 656 g/mol. The topological polar surface area (TPSA) is 163 Å². The van der Waals surface area contributed by atoms with Gasteiger partial charge >= 0.3 is 12.0 Å². The van der Waals surface area contributed by atoms with Crippen LogP contribution in [0.25, 0.3) is 0 Å². The van der Waals surface area contributed by atoms with Gasteiger partial charge < -0.3 is 30.9 Å². The standard InChI is InChI=1S/C35H53N5O7/c1-13-15-16-17-22(25(41)29(43)36-18-14-2)37-28(42)24-23-21(35(23,11)12)19-40(24)30(44)26(33(5,6)7)38-32(46)39-27(34(8,9)10)31(45)47-20(3)4/h1,14,21-24,26-27H,2-3,15-19H2,4-12H3,(H,36,43)(H,37,42)(H2,38,39,46)/t21-,22?,23-,24-,26+,27+/m0/s1. The minimum Gasteiger partial charge on any atom is -0.430 e. The van der Waals surface area contributed by atoms with Gasteiger partial charge in [0.1, 0.15) is 18.1 Å². The number of nitrogens with one attached hydrogen (secondary N) is 4. The summed E-state index contributed by atoms with van der Waals surface area (Å²) in [7, 11) is 0. The summed E-state index contributed by atoms with van der Waals surface area (Å²) in [6, 6.07) is -4.99. The molecule has 1 heterocycles. The van der Waals surface area contributed by atoms with E-state index in [1.165, 1.54) is 17.9 Å². The number of ether oxygens (including phenoxy) is 1. The number of unbranched alkanes of at least 4 members (excludes halogenated alkanes) is 1. The number of esters is 1. The lowest BCUT2D eigenvalue weighted by Gasteiger charge is -2.38. The SMILES string of the molecule is C#CCCCC(NC(=O)[C@@H]1[C@@H]2[C@H](CN1C(=O)[C@@H](NC(=O)N[C@H](C(=O)OC(=C)C)C(C)(C)C)C(C)(C)C)C2(C)C)C(=O)C(=O)NCC=C. The number of hydrogen-bond acceptors (Lipinski definition) is 7. The lowest BCUT2D eigenvalue weighted by molar-refractivity contribution is -0.145. The van der Waals surface area contributed by atoms with Crippen molar-refractivity contribution < 1.29 is 33.5 Å². The number of likely N-dealkylation sites (tertiary alicyclic amines) is 1. The van der Waals surface area contributed by atoms with Crippen molar-refractivity contribution >= 4 is 35.5 Å². The summed E-state index contributed by atoms with van der Waals surface area (Å²) in [5.74, 6) is -0.909. The second-order valence-electron chi connectivity index (χ2n) is 15.2. The Morgan fingerprint density at radius 1 is 1.02 bits per heavy atom. The van der Waals surface area contributed by atoms with Gasteiger partial charge in [0, 0.05) is 19.5 Å². The summed E-state index contributed by atoms with van der Waals surface area (Å²) in [4.78, 5) is 81.4. The lowest BCUT2D eigenvalue weighted by Crippen LogP contribution is -2.62. The van der Waals surface area contributed by atoms with Crippen LogP contribution in [-0.2, 0) is 28.7 Å². The van der Waals surface area contributed by atoms with E-state index < -0.39 is 70.5 Å². The predicted molar refractivity (Wildman–Crippen MR) is 178 cm³/mol. The van der Waals surface area contributed by atoms with Crippen molar-refractivity contribution in [2.24, 2.45) is 28.1 Å². The molecule has 1 aliphatic heterocycles. The fourth-order valence-electron chi connectivity index (χ4n) is 6.14. The summed E-state index contributed by atoms with van der Waals surface area (Å²) >= 11 is 0. The first kappa shape index (κ1) is 39.0. The van der Waals surface area contributed by atoms with Gasteiger partial charge in [-0.15, -0.1) is 18.9 Å². The smallest absolute Gasteiger partial charge is 0.334 e. The number of allylic oxidation sites excluding steroid dienone is 1. The van der Waals surface area contributed by atoms with Crippen molar-refractivity contribution in [3.8, 4) is 12.3 Å². The number of fused-ring (bicyclic) bond motifs is 1. The number of rotatable bonds is 14. The van der Waals surface area contributed by atoms with Crippen LogP contribution >= 0.6 is 0 Å². The zero-order chi connectivity index (χ0) is 36.1. The van der Waals surface area contributed by atoms with Gasteiger partial charge in [0.15, 0.2) is 0 Å². The zero-order valence-corrected chi connectivity index (χ0v) is 29.4. The van der Waals surface area contributed by atoms with E-state index >= 15 is 0 Å². The maximum atomic E-state index is 14.3. The molecule has 1 aliphatic carbocycles. The molecular weight excluding hydrogens is 602 g/mol. The Morgan fingerprint density at radius 3 is 2.11 bits per heavy atom. The van der Waals surface area contributed by atoms with Gasteiger partial charge in [-0.2, -0.15) is 0 Å². The molecule has 0 radical (unpaired) electrons. The quantitative estimate of drug-likeness (QED) is 0.0559. The third-order valence-corrected chi connectivity index (χ3v) is 8.88. The minimum absolute atomic E-state index is 0.0188. The largest absolute Gasteiger partial charge is 0.430 e. The highest BCUT2D eigenvalue weighted by atomic mass is 16.5. The molecule has 2 fully saturated rings. The molecular formula is C35H53N5O7. The number of nitrogens with zero attached hydrogens (tertiary/aromatic N) is 1. The predicted octanol–water partition coefficient (Wildman–Crippen LogP) is 2.83. The molecule has 4 N–H and O–H groups in total. The van der Waals surface area contributed by atoms with Gasteiger partial charge in [0.25, 0.3) is 5.91 Å². The minimum atomic E-state index is -1.14. The van der Waals surface area contributed by atoms with Crippen molar-refractivity contribution in [2.75, 3.05) is 13.1 Å². The number of hydrogen-bond donors (Lipinski definition) is 4. The van der Waals surface area contributed by atoms with Crippen molar-refractivity contribution in [1.82, 2.24) is 26.2 Å². The highest BCUT2D eigenvalue weighted by Gasteiger charge is 2.70. The molecule has 5 amide bonds. The monoisotopic (exact) mass is 655 g/mol. The van der Waals surface area contributed by atoms with Gasteiger partial charge in [-0.1, -0.05) is 68.0 Å². The summed E-state index contributed by atoms with van der Waals surface area (Å²) in [6.45, 7) is 23.7. The van der Waals surface area contributed by atoms with Crippen LogP contribution in [0.2, 0.25) is 0 Å². The maximum Gasteiger partial charge on any atom is 0.334 e. The van der Waals surface area contributed by atoms with Gasteiger partial charge in [0.05, 0.1) is 11.8 Å². The van der Waals surface area contributed by atoms with Gasteiger partial charge in [-0.3, -0.25) is 19.2 Å². The van der Waals surface area contributed by atoms with Crippen molar-refractivity contribution in [2.45, 2.75) is 106 Å². The molecule has 0 aromatic heterocycles. The van der Waals surface area contributed by atoms with Crippen LogP contribution in [0, 0.1) is 40.4 Å². The van der Waals surface area contributed by atoms with E-state index in [2.05, 4.69) is 40.3 Å². The summed E-state index contributed by atoms with van der Waals surface area (Å²) in [5.41, 5.74) is -1.77. The first-order valence-electron chi connectivity index (χ1n) is 16.0. The number of terminal acetylenes is 1. The Hall–Kier alpha value is -4.14. The molecule has 1 saturated carbocycles. The van der Waals surface area contributed by atoms with Gasteiger partial charge in [-0.25, -0.2) is 9.59 Å². The van der Waals surface area contributed by atoms with E-state index in [4.69, 9.17) is 11.2 Å². The highest BCUT2D eigenvalue weighted by molar-refractivity contribution is 6.38. The first-order chi connectivity index (χ1) is 21.6.